The lowest BCUT2D eigenvalue weighted by Gasteiger charge is -2.23. The van der Waals surface area contributed by atoms with Crippen molar-refractivity contribution in [1.82, 2.24) is 5.32 Å². The first-order valence-corrected chi connectivity index (χ1v) is 7.01. The van der Waals surface area contributed by atoms with Gasteiger partial charge in [-0.2, -0.15) is 0 Å². The number of para-hydroxylation sites is 1. The number of nitrogens with zero attached hydrogens (tertiary/aromatic N) is 1. The fraction of sp³-hybridized carbons (Fsp3) is 0.235. The van der Waals surface area contributed by atoms with Crippen molar-refractivity contribution in [3.63, 3.8) is 0 Å². The molecule has 2 aromatic carbocycles. The van der Waals surface area contributed by atoms with E-state index in [0.717, 1.165) is 11.3 Å². The maximum absolute atomic E-state index is 12.0. The van der Waals surface area contributed by atoms with Crippen LogP contribution < -0.4 is 10.2 Å². The van der Waals surface area contributed by atoms with Gasteiger partial charge >= 0.3 is 0 Å². The molecule has 0 saturated heterocycles. The van der Waals surface area contributed by atoms with Gasteiger partial charge in [0, 0.05) is 18.8 Å². The summed E-state index contributed by atoms with van der Waals surface area (Å²) in [6, 6.07) is 19.4. The number of amides is 1. The van der Waals surface area contributed by atoms with Crippen molar-refractivity contribution >= 4 is 11.6 Å². The number of hydrogen-bond acceptors (Lipinski definition) is 3. The van der Waals surface area contributed by atoms with Crippen LogP contribution in [0.4, 0.5) is 5.69 Å². The summed E-state index contributed by atoms with van der Waals surface area (Å²) in [5.41, 5.74) is 2.00. The van der Waals surface area contributed by atoms with Gasteiger partial charge in [-0.05, 0) is 17.7 Å². The smallest absolute Gasteiger partial charge is 0.239 e. The molecule has 2 aromatic rings. The Bertz CT molecular complexity index is 543. The van der Waals surface area contributed by atoms with Gasteiger partial charge in [0.05, 0.1) is 13.2 Å². The van der Waals surface area contributed by atoms with Gasteiger partial charge in [0.15, 0.2) is 0 Å². The molecule has 0 spiro atoms. The summed E-state index contributed by atoms with van der Waals surface area (Å²) >= 11 is 0. The predicted octanol–water partition coefficient (Wildman–Crippen LogP) is 1.80. The Morgan fingerprint density at radius 2 is 1.62 bits per heavy atom. The molecule has 0 aliphatic heterocycles. The van der Waals surface area contributed by atoms with Gasteiger partial charge < -0.3 is 15.3 Å². The van der Waals surface area contributed by atoms with E-state index in [2.05, 4.69) is 5.32 Å². The van der Waals surface area contributed by atoms with Crippen LogP contribution >= 0.6 is 0 Å². The molecule has 0 radical (unpaired) electrons. The van der Waals surface area contributed by atoms with E-state index >= 15 is 0 Å². The molecule has 110 valence electrons. The van der Waals surface area contributed by atoms with Gasteiger partial charge in [-0.3, -0.25) is 4.79 Å². The molecule has 0 heterocycles. The highest BCUT2D eigenvalue weighted by atomic mass is 16.3. The van der Waals surface area contributed by atoms with Crippen molar-refractivity contribution in [3.05, 3.63) is 66.2 Å². The van der Waals surface area contributed by atoms with Crippen LogP contribution in [0.25, 0.3) is 0 Å². The van der Waals surface area contributed by atoms with Gasteiger partial charge in [-0.25, -0.2) is 0 Å². The molecule has 0 aliphatic rings. The topological polar surface area (TPSA) is 52.6 Å². The van der Waals surface area contributed by atoms with Crippen LogP contribution in [0.2, 0.25) is 0 Å². The zero-order chi connectivity index (χ0) is 14.9. The van der Waals surface area contributed by atoms with Gasteiger partial charge in [0.25, 0.3) is 0 Å². The lowest BCUT2D eigenvalue weighted by atomic mass is 10.2. The van der Waals surface area contributed by atoms with Gasteiger partial charge in [-0.15, -0.1) is 0 Å². The molecule has 0 fully saturated rings. The van der Waals surface area contributed by atoms with E-state index in [1.165, 1.54) is 0 Å². The quantitative estimate of drug-likeness (QED) is 0.815. The van der Waals surface area contributed by atoms with Crippen LogP contribution in [-0.2, 0) is 11.3 Å². The van der Waals surface area contributed by atoms with Crippen molar-refractivity contribution in [3.8, 4) is 0 Å². The molecule has 2 N–H and O–H groups in total. The molecule has 4 nitrogen and oxygen atoms in total. The maximum atomic E-state index is 12.0. The van der Waals surface area contributed by atoms with Gasteiger partial charge in [-0.1, -0.05) is 48.5 Å². The fourth-order valence-electron chi connectivity index (χ4n) is 2.08. The second kappa shape index (κ2) is 8.07. The average molecular weight is 284 g/mol. The number of benzene rings is 2. The Labute approximate surface area is 125 Å². The van der Waals surface area contributed by atoms with E-state index in [-0.39, 0.29) is 19.1 Å². The molecular formula is C17H20N2O2. The minimum absolute atomic E-state index is 0.0147. The highest BCUT2D eigenvalue weighted by Crippen LogP contribution is 2.12. The Morgan fingerprint density at radius 1 is 1.00 bits per heavy atom. The number of hydrogen-bond donors (Lipinski definition) is 2. The normalized spacial score (nSPS) is 10.1. The van der Waals surface area contributed by atoms with Crippen LogP contribution in [0.5, 0.6) is 0 Å². The monoisotopic (exact) mass is 284 g/mol. The van der Waals surface area contributed by atoms with E-state index in [9.17, 15) is 4.79 Å². The van der Waals surface area contributed by atoms with Crippen LogP contribution in [0.1, 0.15) is 5.56 Å². The number of aliphatic hydroxyl groups excluding tert-OH is 1. The SMILES string of the molecule is O=C(CN(CCO)c1ccccc1)NCc1ccccc1. The highest BCUT2D eigenvalue weighted by Gasteiger charge is 2.10. The first kappa shape index (κ1) is 15.1. The molecule has 2 rings (SSSR count). The lowest BCUT2D eigenvalue weighted by Crippen LogP contribution is -2.38. The van der Waals surface area contributed by atoms with E-state index in [1.54, 1.807) is 0 Å². The van der Waals surface area contributed by atoms with E-state index < -0.39 is 0 Å². The number of anilines is 1. The Morgan fingerprint density at radius 3 is 2.24 bits per heavy atom. The van der Waals surface area contributed by atoms with Crippen LogP contribution in [-0.4, -0.2) is 30.7 Å². The number of carbonyl (C=O) groups is 1. The Kier molecular flexibility index (Phi) is 5.79. The summed E-state index contributed by atoms with van der Waals surface area (Å²) in [6.07, 6.45) is 0. The molecule has 0 aromatic heterocycles. The molecule has 21 heavy (non-hydrogen) atoms. The standard InChI is InChI=1S/C17H20N2O2/c20-12-11-19(16-9-5-2-6-10-16)14-17(21)18-13-15-7-3-1-4-8-15/h1-10,20H,11-14H2,(H,18,21). The molecule has 0 atom stereocenters. The summed E-state index contributed by atoms with van der Waals surface area (Å²) in [5, 5.41) is 12.0. The third kappa shape index (κ3) is 4.93. The van der Waals surface area contributed by atoms with Crippen molar-refractivity contribution < 1.29 is 9.90 Å². The summed E-state index contributed by atoms with van der Waals surface area (Å²) in [7, 11) is 0. The Balaban J connectivity index is 1.89. The second-order valence-corrected chi connectivity index (χ2v) is 4.74. The molecule has 0 unspecified atom stereocenters. The van der Waals surface area contributed by atoms with Crippen LogP contribution in [0.15, 0.2) is 60.7 Å². The third-order valence-electron chi connectivity index (χ3n) is 3.16. The number of nitrogens with one attached hydrogen (secondary N) is 1. The second-order valence-electron chi connectivity index (χ2n) is 4.74. The van der Waals surface area contributed by atoms with E-state index in [1.807, 2.05) is 65.6 Å². The number of carbonyl (C=O) groups excluding carboxylic acids is 1. The first-order valence-electron chi connectivity index (χ1n) is 7.01. The minimum Gasteiger partial charge on any atom is -0.395 e. The minimum atomic E-state index is -0.0591. The zero-order valence-electron chi connectivity index (χ0n) is 11.9. The summed E-state index contributed by atoms with van der Waals surface area (Å²) < 4.78 is 0. The molecule has 4 heteroatoms. The van der Waals surface area contributed by atoms with Gasteiger partial charge in [0.2, 0.25) is 5.91 Å². The Hall–Kier alpha value is -2.33. The molecular weight excluding hydrogens is 264 g/mol. The average Bonchev–Trinajstić information content (AvgIpc) is 2.54. The first-order chi connectivity index (χ1) is 10.3. The highest BCUT2D eigenvalue weighted by molar-refractivity contribution is 5.81. The van der Waals surface area contributed by atoms with Gasteiger partial charge in [0.1, 0.15) is 0 Å². The van der Waals surface area contributed by atoms with Crippen molar-refractivity contribution in [1.29, 1.82) is 0 Å². The van der Waals surface area contributed by atoms with E-state index in [4.69, 9.17) is 5.11 Å². The zero-order valence-corrected chi connectivity index (χ0v) is 11.9. The lowest BCUT2D eigenvalue weighted by molar-refractivity contribution is -0.119. The number of rotatable bonds is 7. The molecule has 0 bridgehead atoms. The predicted molar refractivity (Wildman–Crippen MR) is 84.0 cm³/mol. The maximum Gasteiger partial charge on any atom is 0.239 e. The summed E-state index contributed by atoms with van der Waals surface area (Å²) in [6.45, 7) is 1.20. The van der Waals surface area contributed by atoms with Crippen LogP contribution in [0, 0.1) is 0 Å². The fourth-order valence-corrected chi connectivity index (χ4v) is 2.08. The van der Waals surface area contributed by atoms with Crippen molar-refractivity contribution in [2.45, 2.75) is 6.54 Å². The van der Waals surface area contributed by atoms with E-state index in [0.29, 0.717) is 13.1 Å². The van der Waals surface area contributed by atoms with Crippen LogP contribution in [0.3, 0.4) is 0 Å². The molecule has 0 saturated carbocycles. The third-order valence-corrected chi connectivity index (χ3v) is 3.16. The van der Waals surface area contributed by atoms with Crippen molar-refractivity contribution in [2.75, 3.05) is 24.6 Å². The largest absolute Gasteiger partial charge is 0.395 e. The molecule has 0 aliphatic carbocycles. The number of aliphatic hydroxyl groups is 1. The summed E-state index contributed by atoms with van der Waals surface area (Å²) in [4.78, 5) is 13.9. The van der Waals surface area contributed by atoms with Crippen molar-refractivity contribution in [2.24, 2.45) is 0 Å². The summed E-state index contributed by atoms with van der Waals surface area (Å²) in [5.74, 6) is -0.0591. The molecule has 1 amide bonds.